The lowest BCUT2D eigenvalue weighted by Gasteiger charge is -2.21. The molecule has 0 bridgehead atoms. The third-order valence-electron chi connectivity index (χ3n) is 6.51. The van der Waals surface area contributed by atoms with Gasteiger partial charge in [0.25, 0.3) is 0 Å². The highest BCUT2D eigenvalue weighted by atomic mass is 35.5. The summed E-state index contributed by atoms with van der Waals surface area (Å²) in [5.41, 5.74) is 1.77. The third kappa shape index (κ3) is 5.05. The Labute approximate surface area is 229 Å². The van der Waals surface area contributed by atoms with E-state index < -0.39 is 15.8 Å². The first-order valence-electron chi connectivity index (χ1n) is 11.8. The van der Waals surface area contributed by atoms with Gasteiger partial charge in [0, 0.05) is 40.8 Å². The molecule has 39 heavy (non-hydrogen) atoms. The summed E-state index contributed by atoms with van der Waals surface area (Å²) in [7, 11) is -0.693. The maximum atomic E-state index is 14.6. The fourth-order valence-corrected chi connectivity index (χ4v) is 5.20. The van der Waals surface area contributed by atoms with Crippen molar-refractivity contribution < 1.29 is 27.4 Å². The first-order chi connectivity index (χ1) is 18.6. The summed E-state index contributed by atoms with van der Waals surface area (Å²) < 4.78 is 54.0. The van der Waals surface area contributed by atoms with Gasteiger partial charge in [-0.05, 0) is 48.0 Å². The van der Waals surface area contributed by atoms with Gasteiger partial charge in [0.1, 0.15) is 23.7 Å². The number of aromatic nitrogens is 2. The number of pyridine rings is 1. The number of halogens is 2. The highest BCUT2D eigenvalue weighted by Gasteiger charge is 2.27. The first kappa shape index (κ1) is 26.6. The van der Waals surface area contributed by atoms with E-state index in [4.69, 9.17) is 21.1 Å². The molecular weight excluding hydrogens is 545 g/mol. The van der Waals surface area contributed by atoms with Crippen molar-refractivity contribution in [2.24, 2.45) is 0 Å². The number of sulfonamides is 1. The van der Waals surface area contributed by atoms with Crippen LogP contribution in [0.1, 0.15) is 11.1 Å². The van der Waals surface area contributed by atoms with Crippen molar-refractivity contribution in [1.29, 1.82) is 0 Å². The molecule has 0 saturated heterocycles. The Bertz CT molecular complexity index is 1810. The third-order valence-corrected chi connectivity index (χ3v) is 7.93. The molecule has 0 unspecified atom stereocenters. The Morgan fingerprint density at radius 3 is 2.56 bits per heavy atom. The molecular formula is C28H25ClFN3O5S. The van der Waals surface area contributed by atoms with Gasteiger partial charge in [-0.15, -0.1) is 0 Å². The van der Waals surface area contributed by atoms with Gasteiger partial charge in [0.15, 0.2) is 5.75 Å². The largest absolute Gasteiger partial charge is 0.497 e. The zero-order chi connectivity index (χ0) is 27.9. The maximum absolute atomic E-state index is 14.6. The van der Waals surface area contributed by atoms with Gasteiger partial charge in [0.2, 0.25) is 15.9 Å². The smallest absolute Gasteiger partial charge is 0.232 e. The van der Waals surface area contributed by atoms with E-state index in [1.165, 1.54) is 29.8 Å². The second kappa shape index (κ2) is 10.3. The van der Waals surface area contributed by atoms with Gasteiger partial charge in [-0.3, -0.25) is 9.29 Å². The molecule has 0 spiro atoms. The van der Waals surface area contributed by atoms with Gasteiger partial charge in [-0.1, -0.05) is 23.7 Å². The summed E-state index contributed by atoms with van der Waals surface area (Å²) in [6, 6.07) is 14.9. The normalized spacial score (nSPS) is 11.7. The molecule has 2 heterocycles. The van der Waals surface area contributed by atoms with Gasteiger partial charge >= 0.3 is 0 Å². The number of benzene rings is 3. The second-order valence-corrected chi connectivity index (χ2v) is 11.5. The van der Waals surface area contributed by atoms with Gasteiger partial charge < -0.3 is 19.1 Å². The fraction of sp³-hybridized carbons (Fsp3) is 0.179. The van der Waals surface area contributed by atoms with Crippen molar-refractivity contribution in [1.82, 2.24) is 9.55 Å². The predicted octanol–water partition coefficient (Wildman–Crippen LogP) is 5.72. The number of hydrogen-bond donors (Lipinski definition) is 1. The molecule has 0 aliphatic heterocycles. The van der Waals surface area contributed by atoms with Crippen molar-refractivity contribution >= 4 is 49.0 Å². The topological polar surface area (TPSA) is 93.9 Å². The minimum absolute atomic E-state index is 0.0589. The van der Waals surface area contributed by atoms with Gasteiger partial charge in [-0.25, -0.2) is 12.8 Å². The van der Waals surface area contributed by atoms with E-state index in [-0.39, 0.29) is 35.7 Å². The average molecular weight is 570 g/mol. The van der Waals surface area contributed by atoms with Crippen molar-refractivity contribution in [3.8, 4) is 17.4 Å². The molecule has 0 amide bonds. The van der Waals surface area contributed by atoms with Crippen LogP contribution in [-0.4, -0.2) is 43.5 Å². The summed E-state index contributed by atoms with van der Waals surface area (Å²) >= 11 is 6.09. The molecule has 3 aromatic carbocycles. The van der Waals surface area contributed by atoms with Crippen LogP contribution >= 0.6 is 11.6 Å². The lowest BCUT2D eigenvalue weighted by atomic mass is 10.1. The van der Waals surface area contributed by atoms with Crippen LogP contribution in [0.25, 0.3) is 21.7 Å². The maximum Gasteiger partial charge on any atom is 0.232 e. The van der Waals surface area contributed by atoms with Crippen LogP contribution in [0.4, 0.5) is 10.1 Å². The summed E-state index contributed by atoms with van der Waals surface area (Å²) in [4.78, 5) is 4.49. The standard InChI is InChI=1S/C28H25ClFN3O5S/c1-32(39(3,35)36)26-21-5-4-12-31-25(21)27(38-16-17-6-9-20(37-2)10-7-17)24-22(26)15-33(28(24)34)14-18-13-19(29)8-11-23(18)30/h4-13,15,34H,14,16H2,1-3H3. The lowest BCUT2D eigenvalue weighted by Crippen LogP contribution is -2.25. The molecule has 202 valence electrons. The summed E-state index contributed by atoms with van der Waals surface area (Å²) in [5, 5.41) is 12.9. The van der Waals surface area contributed by atoms with Gasteiger partial charge in [-0.2, -0.15) is 0 Å². The molecule has 1 N–H and O–H groups in total. The van der Waals surface area contributed by atoms with Crippen molar-refractivity contribution in [2.45, 2.75) is 13.2 Å². The van der Waals surface area contributed by atoms with Crippen LogP contribution in [0.15, 0.2) is 67.0 Å². The van der Waals surface area contributed by atoms with E-state index in [9.17, 15) is 17.9 Å². The van der Waals surface area contributed by atoms with Crippen LogP contribution in [0.2, 0.25) is 5.02 Å². The summed E-state index contributed by atoms with van der Waals surface area (Å²) in [5.74, 6) is 0.243. The second-order valence-electron chi connectivity index (χ2n) is 9.05. The number of rotatable bonds is 8. The molecule has 0 aliphatic carbocycles. The van der Waals surface area contributed by atoms with Crippen LogP contribution in [0.3, 0.4) is 0 Å². The molecule has 0 fully saturated rings. The number of nitrogens with zero attached hydrogens (tertiary/aromatic N) is 3. The van der Waals surface area contributed by atoms with Gasteiger partial charge in [0.05, 0.1) is 31.0 Å². The quantitative estimate of drug-likeness (QED) is 0.257. The number of methoxy groups -OCH3 is 1. The highest BCUT2D eigenvalue weighted by molar-refractivity contribution is 7.92. The van der Waals surface area contributed by atoms with Crippen molar-refractivity contribution in [2.75, 3.05) is 24.7 Å². The minimum atomic E-state index is -3.70. The van der Waals surface area contributed by atoms with E-state index in [0.29, 0.717) is 32.7 Å². The Balaban J connectivity index is 1.74. The zero-order valence-corrected chi connectivity index (χ0v) is 22.9. The van der Waals surface area contributed by atoms with E-state index in [2.05, 4.69) is 4.98 Å². The summed E-state index contributed by atoms with van der Waals surface area (Å²) in [6.45, 7) is 0.0796. The van der Waals surface area contributed by atoms with E-state index in [1.807, 2.05) is 24.3 Å². The first-order valence-corrected chi connectivity index (χ1v) is 14.1. The zero-order valence-electron chi connectivity index (χ0n) is 21.4. The number of fused-ring (bicyclic) bond motifs is 2. The molecule has 0 atom stereocenters. The molecule has 2 aromatic heterocycles. The number of hydrogen-bond acceptors (Lipinski definition) is 6. The Kier molecular flexibility index (Phi) is 7.00. The SMILES string of the molecule is COc1ccc(COc2c3ncccc3c(N(C)S(C)(=O)=O)c3cn(Cc4cc(Cl)ccc4F)c(O)c23)cc1. The number of aromatic hydroxyl groups is 1. The predicted molar refractivity (Wildman–Crippen MR) is 150 cm³/mol. The van der Waals surface area contributed by atoms with Crippen molar-refractivity contribution in [3.63, 3.8) is 0 Å². The number of ether oxygens (including phenoxy) is 2. The molecule has 0 saturated carbocycles. The van der Waals surface area contributed by atoms with Crippen molar-refractivity contribution in [3.05, 3.63) is 89.0 Å². The average Bonchev–Trinajstić information content (AvgIpc) is 3.23. The molecule has 0 aliphatic rings. The molecule has 0 radical (unpaired) electrons. The van der Waals surface area contributed by atoms with Crippen LogP contribution in [0, 0.1) is 5.82 Å². The lowest BCUT2D eigenvalue weighted by molar-refractivity contribution is 0.311. The number of anilines is 1. The molecule has 5 aromatic rings. The fourth-order valence-electron chi connectivity index (χ4n) is 4.48. The van der Waals surface area contributed by atoms with Crippen LogP contribution in [-0.2, 0) is 23.2 Å². The highest BCUT2D eigenvalue weighted by Crippen LogP contribution is 2.47. The Morgan fingerprint density at radius 2 is 1.87 bits per heavy atom. The Hall–Kier alpha value is -4.02. The van der Waals surface area contributed by atoms with E-state index in [0.717, 1.165) is 16.1 Å². The monoisotopic (exact) mass is 569 g/mol. The van der Waals surface area contributed by atoms with Crippen LogP contribution in [0.5, 0.6) is 17.4 Å². The Morgan fingerprint density at radius 1 is 1.13 bits per heavy atom. The summed E-state index contributed by atoms with van der Waals surface area (Å²) in [6.07, 6.45) is 4.23. The molecule has 8 nitrogen and oxygen atoms in total. The van der Waals surface area contributed by atoms with Crippen LogP contribution < -0.4 is 13.8 Å². The molecule has 11 heteroatoms. The van der Waals surface area contributed by atoms with E-state index in [1.54, 1.807) is 31.6 Å². The van der Waals surface area contributed by atoms with E-state index >= 15 is 0 Å². The minimum Gasteiger partial charge on any atom is -0.497 e. The molecule has 5 rings (SSSR count).